The average molecular weight is 370 g/mol. The van der Waals surface area contributed by atoms with Gasteiger partial charge in [-0.1, -0.05) is 25.0 Å². The smallest absolute Gasteiger partial charge is 0.418 e. The third-order valence-electron chi connectivity index (χ3n) is 5.34. The molecule has 2 aliphatic rings. The van der Waals surface area contributed by atoms with Gasteiger partial charge in [0, 0.05) is 6.04 Å². The summed E-state index contributed by atoms with van der Waals surface area (Å²) in [6.45, 7) is -0.218. The van der Waals surface area contributed by atoms with Crippen molar-refractivity contribution in [1.29, 1.82) is 0 Å². The van der Waals surface area contributed by atoms with Crippen LogP contribution >= 0.6 is 0 Å². The van der Waals surface area contributed by atoms with Crippen molar-refractivity contribution < 1.29 is 27.9 Å². The van der Waals surface area contributed by atoms with Crippen molar-refractivity contribution in [2.24, 2.45) is 5.92 Å². The fourth-order valence-corrected chi connectivity index (χ4v) is 4.22. The second-order valence-electron chi connectivity index (χ2n) is 6.97. The number of halogens is 3. The predicted octanol–water partition coefficient (Wildman–Crippen LogP) is 3.36. The molecule has 1 saturated carbocycles. The van der Waals surface area contributed by atoms with Gasteiger partial charge >= 0.3 is 12.1 Å². The van der Waals surface area contributed by atoms with Crippen LogP contribution in [0.3, 0.4) is 0 Å². The Morgan fingerprint density at radius 2 is 1.88 bits per heavy atom. The molecule has 1 aliphatic carbocycles. The number of carboxylic acids is 1. The molecule has 1 amide bonds. The molecule has 1 heterocycles. The van der Waals surface area contributed by atoms with Crippen LogP contribution in [0.4, 0.5) is 18.9 Å². The van der Waals surface area contributed by atoms with E-state index in [9.17, 15) is 27.9 Å². The molecule has 0 bridgehead atoms. The lowest BCUT2D eigenvalue weighted by molar-refractivity contribution is -0.143. The van der Waals surface area contributed by atoms with E-state index in [1.807, 2.05) is 0 Å². The number of benzene rings is 1. The van der Waals surface area contributed by atoms with Gasteiger partial charge in [-0.15, -0.1) is 0 Å². The molecule has 0 radical (unpaired) electrons. The van der Waals surface area contributed by atoms with Crippen LogP contribution in [0.2, 0.25) is 0 Å². The molecule has 2 fully saturated rings. The highest BCUT2D eigenvalue weighted by molar-refractivity contribution is 5.93. The lowest BCUT2D eigenvalue weighted by Gasteiger charge is -2.32. The third kappa shape index (κ3) is 3.85. The van der Waals surface area contributed by atoms with E-state index in [0.717, 1.165) is 31.7 Å². The van der Waals surface area contributed by atoms with Gasteiger partial charge in [0.2, 0.25) is 5.91 Å². The van der Waals surface area contributed by atoms with Gasteiger partial charge in [-0.2, -0.15) is 13.2 Å². The zero-order valence-corrected chi connectivity index (χ0v) is 14.1. The van der Waals surface area contributed by atoms with E-state index in [1.54, 1.807) is 4.90 Å². The number of hydrogen-bond acceptors (Lipinski definition) is 3. The van der Waals surface area contributed by atoms with Crippen molar-refractivity contribution >= 4 is 17.6 Å². The van der Waals surface area contributed by atoms with Crippen molar-refractivity contribution in [3.63, 3.8) is 0 Å². The number of hydrogen-bond donors (Lipinski definition) is 2. The average Bonchev–Trinajstić information content (AvgIpc) is 2.93. The van der Waals surface area contributed by atoms with Crippen LogP contribution in [0.1, 0.15) is 37.7 Å². The Labute approximate surface area is 149 Å². The Kier molecular flexibility index (Phi) is 5.22. The molecule has 1 aromatic rings. The molecular formula is C18H21F3N2O3. The van der Waals surface area contributed by atoms with Crippen molar-refractivity contribution in [3.8, 4) is 0 Å². The number of nitrogens with one attached hydrogen (secondary N) is 1. The number of nitrogens with zero attached hydrogens (tertiary/aromatic N) is 1. The van der Waals surface area contributed by atoms with Crippen LogP contribution in [0.25, 0.3) is 0 Å². The summed E-state index contributed by atoms with van der Waals surface area (Å²) in [5.41, 5.74) is -1.23. The van der Waals surface area contributed by atoms with Gasteiger partial charge < -0.3 is 10.4 Å². The van der Waals surface area contributed by atoms with Crippen LogP contribution in [0, 0.1) is 5.92 Å². The summed E-state index contributed by atoms with van der Waals surface area (Å²) >= 11 is 0. The third-order valence-corrected chi connectivity index (χ3v) is 5.34. The van der Waals surface area contributed by atoms with Crippen molar-refractivity contribution in [2.75, 3.05) is 11.9 Å². The highest BCUT2D eigenvalue weighted by Crippen LogP contribution is 2.40. The Bertz CT molecular complexity index is 693. The van der Waals surface area contributed by atoms with Crippen LogP contribution in [-0.2, 0) is 15.8 Å². The number of anilines is 1. The fourth-order valence-electron chi connectivity index (χ4n) is 4.22. The minimum Gasteiger partial charge on any atom is -0.480 e. The molecule has 5 nitrogen and oxygen atoms in total. The van der Waals surface area contributed by atoms with E-state index < -0.39 is 29.7 Å². The van der Waals surface area contributed by atoms with Crippen molar-refractivity contribution in [2.45, 2.75) is 50.4 Å². The first-order valence-electron chi connectivity index (χ1n) is 8.72. The van der Waals surface area contributed by atoms with Gasteiger partial charge in [0.25, 0.3) is 0 Å². The summed E-state index contributed by atoms with van der Waals surface area (Å²) in [5, 5.41) is 11.8. The summed E-state index contributed by atoms with van der Waals surface area (Å²) in [4.78, 5) is 25.6. The summed E-state index contributed by atoms with van der Waals surface area (Å²) < 4.78 is 39.2. The number of fused-ring (bicyclic) bond motifs is 1. The Hall–Kier alpha value is -2.09. The normalized spacial score (nSPS) is 26.3. The maximum absolute atomic E-state index is 13.1. The molecule has 1 aromatic carbocycles. The number of alkyl halides is 3. The van der Waals surface area contributed by atoms with Crippen molar-refractivity contribution in [1.82, 2.24) is 4.90 Å². The van der Waals surface area contributed by atoms with Crippen LogP contribution in [0.5, 0.6) is 0 Å². The van der Waals surface area contributed by atoms with Gasteiger partial charge in [-0.25, -0.2) is 0 Å². The molecule has 3 atom stereocenters. The molecule has 0 aromatic heterocycles. The van der Waals surface area contributed by atoms with E-state index in [1.165, 1.54) is 18.2 Å². The minimum absolute atomic E-state index is 0.00783. The summed E-state index contributed by atoms with van der Waals surface area (Å²) in [5.74, 6) is -1.37. The second-order valence-corrected chi connectivity index (χ2v) is 6.97. The van der Waals surface area contributed by atoms with Crippen LogP contribution < -0.4 is 5.32 Å². The topological polar surface area (TPSA) is 69.6 Å². The molecule has 2 N–H and O–H groups in total. The lowest BCUT2D eigenvalue weighted by Crippen LogP contribution is -2.46. The summed E-state index contributed by atoms with van der Waals surface area (Å²) in [6.07, 6.45) is -0.304. The number of rotatable bonds is 4. The number of carbonyl (C=O) groups excluding carboxylic acids is 1. The van der Waals surface area contributed by atoms with Gasteiger partial charge in [-0.3, -0.25) is 14.5 Å². The molecule has 1 saturated heterocycles. The van der Waals surface area contributed by atoms with Crippen LogP contribution in [0.15, 0.2) is 24.3 Å². The van der Waals surface area contributed by atoms with E-state index >= 15 is 0 Å². The molecule has 142 valence electrons. The van der Waals surface area contributed by atoms with Gasteiger partial charge in [-0.05, 0) is 37.3 Å². The Morgan fingerprint density at radius 3 is 2.58 bits per heavy atom. The molecular weight excluding hydrogens is 349 g/mol. The molecule has 8 heteroatoms. The SMILES string of the molecule is O=C(CN1C(C(=O)O)CC2CCCCC21)Nc1ccccc1C(F)(F)F. The molecule has 1 aliphatic heterocycles. The quantitative estimate of drug-likeness (QED) is 0.853. The number of amides is 1. The van der Waals surface area contributed by atoms with E-state index in [2.05, 4.69) is 5.32 Å². The minimum atomic E-state index is -4.57. The number of likely N-dealkylation sites (tertiary alicyclic amines) is 1. The molecule has 3 rings (SSSR count). The Morgan fingerprint density at radius 1 is 1.19 bits per heavy atom. The predicted molar refractivity (Wildman–Crippen MR) is 88.6 cm³/mol. The highest BCUT2D eigenvalue weighted by Gasteiger charge is 2.45. The van der Waals surface area contributed by atoms with Crippen molar-refractivity contribution in [3.05, 3.63) is 29.8 Å². The van der Waals surface area contributed by atoms with E-state index in [4.69, 9.17) is 0 Å². The number of carbonyl (C=O) groups is 2. The van der Waals surface area contributed by atoms with Crippen LogP contribution in [-0.4, -0.2) is 40.5 Å². The van der Waals surface area contributed by atoms with E-state index in [-0.39, 0.29) is 24.2 Å². The number of para-hydroxylation sites is 1. The molecule has 26 heavy (non-hydrogen) atoms. The zero-order chi connectivity index (χ0) is 18.9. The summed E-state index contributed by atoms with van der Waals surface area (Å²) in [7, 11) is 0. The maximum atomic E-state index is 13.1. The maximum Gasteiger partial charge on any atom is 0.418 e. The highest BCUT2D eigenvalue weighted by atomic mass is 19.4. The number of carboxylic acid groups (broad SMARTS) is 1. The van der Waals surface area contributed by atoms with Gasteiger partial charge in [0.05, 0.1) is 17.8 Å². The zero-order valence-electron chi connectivity index (χ0n) is 14.1. The Balaban J connectivity index is 1.74. The molecule has 0 spiro atoms. The monoisotopic (exact) mass is 370 g/mol. The first kappa shape index (κ1) is 18.7. The summed E-state index contributed by atoms with van der Waals surface area (Å²) in [6, 6.07) is 4.02. The van der Waals surface area contributed by atoms with E-state index in [0.29, 0.717) is 6.42 Å². The van der Waals surface area contributed by atoms with Gasteiger partial charge in [0.1, 0.15) is 6.04 Å². The standard InChI is InChI=1S/C18H21F3N2O3/c19-18(20,21)12-6-2-3-7-13(12)22-16(24)10-23-14-8-4-1-5-11(14)9-15(23)17(25)26/h2-3,6-7,11,14-15H,1,4-5,8-10H2,(H,22,24)(H,25,26). The lowest BCUT2D eigenvalue weighted by atomic mass is 9.85. The fraction of sp³-hybridized carbons (Fsp3) is 0.556. The first-order chi connectivity index (χ1) is 12.3. The molecule has 3 unspecified atom stereocenters. The largest absolute Gasteiger partial charge is 0.480 e. The first-order valence-corrected chi connectivity index (χ1v) is 8.72. The number of aliphatic carboxylic acids is 1. The van der Waals surface area contributed by atoms with Gasteiger partial charge in [0.15, 0.2) is 0 Å². The second kappa shape index (κ2) is 7.26.